The Morgan fingerprint density at radius 2 is 1.71 bits per heavy atom. The number of rotatable bonds is 3. The maximum atomic E-state index is 12.5. The van der Waals surface area contributed by atoms with Gasteiger partial charge >= 0.3 is 0 Å². The summed E-state index contributed by atoms with van der Waals surface area (Å²) in [5.41, 5.74) is 1.26. The van der Waals surface area contributed by atoms with E-state index < -0.39 is 0 Å². The van der Waals surface area contributed by atoms with Crippen LogP contribution in [0.1, 0.15) is 33.6 Å². The van der Waals surface area contributed by atoms with Crippen LogP contribution in [0.25, 0.3) is 0 Å². The highest BCUT2D eigenvalue weighted by atomic mass is 35.5. The van der Waals surface area contributed by atoms with Crippen molar-refractivity contribution < 1.29 is 9.59 Å². The molecule has 1 heterocycles. The highest BCUT2D eigenvalue weighted by Gasteiger charge is 2.25. The van der Waals surface area contributed by atoms with Crippen molar-refractivity contribution in [2.24, 2.45) is 0 Å². The van der Waals surface area contributed by atoms with Gasteiger partial charge in [-0.25, -0.2) is 0 Å². The number of amides is 2. The molecule has 1 aliphatic heterocycles. The van der Waals surface area contributed by atoms with Crippen LogP contribution < -0.4 is 5.32 Å². The summed E-state index contributed by atoms with van der Waals surface area (Å²) in [5, 5.41) is 3.62. The van der Waals surface area contributed by atoms with E-state index in [1.807, 2.05) is 35.2 Å². The molecule has 0 aliphatic carbocycles. The van der Waals surface area contributed by atoms with Crippen molar-refractivity contribution in [1.29, 1.82) is 0 Å². The molecule has 0 aromatic heterocycles. The second-order valence-electron chi connectivity index (χ2n) is 5.94. The number of carbonyl (C=O) groups excluding carboxylic acids is 2. The highest BCUT2D eigenvalue weighted by molar-refractivity contribution is 6.30. The first-order valence-corrected chi connectivity index (χ1v) is 8.42. The third-order valence-electron chi connectivity index (χ3n) is 4.17. The number of hydrogen-bond acceptors (Lipinski definition) is 2. The SMILES string of the molecule is O=C(N[C@@H]1CCCN(C(=O)c2ccccc2)C1)c1ccc(Cl)cc1. The van der Waals surface area contributed by atoms with Crippen molar-refractivity contribution in [1.82, 2.24) is 10.2 Å². The molecule has 1 N–H and O–H groups in total. The van der Waals surface area contributed by atoms with Gasteiger partial charge in [-0.05, 0) is 49.2 Å². The molecule has 1 fully saturated rings. The Morgan fingerprint density at radius 3 is 2.42 bits per heavy atom. The van der Waals surface area contributed by atoms with Crippen molar-refractivity contribution in [3.63, 3.8) is 0 Å². The lowest BCUT2D eigenvalue weighted by molar-refractivity contribution is 0.0676. The number of likely N-dealkylation sites (tertiary alicyclic amines) is 1. The van der Waals surface area contributed by atoms with Gasteiger partial charge in [-0.1, -0.05) is 29.8 Å². The molecular weight excluding hydrogens is 324 g/mol. The van der Waals surface area contributed by atoms with Crippen LogP contribution >= 0.6 is 11.6 Å². The first-order chi connectivity index (χ1) is 11.6. The summed E-state index contributed by atoms with van der Waals surface area (Å²) in [6.45, 7) is 1.26. The summed E-state index contributed by atoms with van der Waals surface area (Å²) in [5.74, 6) is -0.119. The van der Waals surface area contributed by atoms with Crippen molar-refractivity contribution in [2.75, 3.05) is 13.1 Å². The van der Waals surface area contributed by atoms with Gasteiger partial charge in [0.05, 0.1) is 0 Å². The molecule has 1 atom stereocenters. The third kappa shape index (κ3) is 3.95. The van der Waals surface area contributed by atoms with Crippen LogP contribution in [0.3, 0.4) is 0 Å². The first kappa shape index (κ1) is 16.5. The lowest BCUT2D eigenvalue weighted by Gasteiger charge is -2.33. The van der Waals surface area contributed by atoms with Crippen LogP contribution in [-0.4, -0.2) is 35.8 Å². The quantitative estimate of drug-likeness (QED) is 0.929. The van der Waals surface area contributed by atoms with E-state index >= 15 is 0 Å². The summed E-state index contributed by atoms with van der Waals surface area (Å²) in [7, 11) is 0. The molecule has 2 aromatic rings. The largest absolute Gasteiger partial charge is 0.348 e. The molecule has 4 nitrogen and oxygen atoms in total. The smallest absolute Gasteiger partial charge is 0.253 e. The Balaban J connectivity index is 1.62. The van der Waals surface area contributed by atoms with E-state index in [4.69, 9.17) is 11.6 Å². The van der Waals surface area contributed by atoms with Gasteiger partial charge in [-0.2, -0.15) is 0 Å². The van der Waals surface area contributed by atoms with Crippen molar-refractivity contribution in [2.45, 2.75) is 18.9 Å². The molecule has 2 amide bonds. The fourth-order valence-corrected chi connectivity index (χ4v) is 3.04. The summed E-state index contributed by atoms with van der Waals surface area (Å²) in [6.07, 6.45) is 1.75. The zero-order chi connectivity index (χ0) is 16.9. The number of hydrogen-bond donors (Lipinski definition) is 1. The second kappa shape index (κ2) is 7.49. The standard InChI is InChI=1S/C19H19ClN2O2/c20-16-10-8-14(9-11-16)18(23)21-17-7-4-12-22(13-17)19(24)15-5-2-1-3-6-15/h1-3,5-6,8-11,17H,4,7,12-13H2,(H,21,23)/t17-/m1/s1. The Kier molecular flexibility index (Phi) is 5.16. The van der Waals surface area contributed by atoms with Crippen LogP contribution in [0, 0.1) is 0 Å². The van der Waals surface area contributed by atoms with Gasteiger partial charge in [0, 0.05) is 35.3 Å². The summed E-state index contributed by atoms with van der Waals surface area (Å²) < 4.78 is 0. The molecule has 5 heteroatoms. The van der Waals surface area contributed by atoms with E-state index in [1.165, 1.54) is 0 Å². The lowest BCUT2D eigenvalue weighted by atomic mass is 10.0. The van der Waals surface area contributed by atoms with Crippen LogP contribution in [0.4, 0.5) is 0 Å². The number of carbonyl (C=O) groups is 2. The summed E-state index contributed by atoms with van der Waals surface area (Å²) in [4.78, 5) is 26.7. The Morgan fingerprint density at radius 1 is 1.00 bits per heavy atom. The molecule has 0 saturated carbocycles. The number of nitrogens with one attached hydrogen (secondary N) is 1. The van der Waals surface area contributed by atoms with Crippen molar-refractivity contribution in [3.8, 4) is 0 Å². The predicted octanol–water partition coefficient (Wildman–Crippen LogP) is 3.37. The molecule has 1 aliphatic rings. The molecule has 0 unspecified atom stereocenters. The van der Waals surface area contributed by atoms with E-state index in [9.17, 15) is 9.59 Å². The van der Waals surface area contributed by atoms with Crippen LogP contribution in [0.2, 0.25) is 5.02 Å². The number of nitrogens with zero attached hydrogens (tertiary/aromatic N) is 1. The van der Waals surface area contributed by atoms with Gasteiger partial charge in [0.15, 0.2) is 0 Å². The van der Waals surface area contributed by atoms with Crippen molar-refractivity contribution >= 4 is 23.4 Å². The zero-order valence-corrected chi connectivity index (χ0v) is 14.0. The Bertz CT molecular complexity index is 716. The summed E-state index contributed by atoms with van der Waals surface area (Å²) >= 11 is 5.84. The summed E-state index contributed by atoms with van der Waals surface area (Å²) in [6, 6.07) is 16.0. The number of halogens is 1. The fourth-order valence-electron chi connectivity index (χ4n) is 2.91. The van der Waals surface area contributed by atoms with E-state index in [0.29, 0.717) is 22.7 Å². The monoisotopic (exact) mass is 342 g/mol. The lowest BCUT2D eigenvalue weighted by Crippen LogP contribution is -2.49. The van der Waals surface area contributed by atoms with E-state index in [2.05, 4.69) is 5.32 Å². The molecule has 0 bridgehead atoms. The Labute approximate surface area is 146 Å². The Hall–Kier alpha value is -2.33. The fraction of sp³-hybridized carbons (Fsp3) is 0.263. The molecule has 0 radical (unpaired) electrons. The molecule has 3 rings (SSSR count). The van der Waals surface area contributed by atoms with E-state index in [-0.39, 0.29) is 17.9 Å². The predicted molar refractivity (Wildman–Crippen MR) is 94.3 cm³/mol. The van der Waals surface area contributed by atoms with E-state index in [1.54, 1.807) is 24.3 Å². The van der Waals surface area contributed by atoms with Gasteiger partial charge in [-0.15, -0.1) is 0 Å². The van der Waals surface area contributed by atoms with E-state index in [0.717, 1.165) is 19.4 Å². The normalized spacial score (nSPS) is 17.4. The molecule has 1 saturated heterocycles. The van der Waals surface area contributed by atoms with Gasteiger partial charge < -0.3 is 10.2 Å². The number of piperidine rings is 1. The van der Waals surface area contributed by atoms with Gasteiger partial charge in [0.2, 0.25) is 0 Å². The topological polar surface area (TPSA) is 49.4 Å². The first-order valence-electron chi connectivity index (χ1n) is 8.04. The highest BCUT2D eigenvalue weighted by Crippen LogP contribution is 2.15. The van der Waals surface area contributed by atoms with Gasteiger partial charge in [0.25, 0.3) is 11.8 Å². The van der Waals surface area contributed by atoms with Gasteiger partial charge in [0.1, 0.15) is 0 Å². The average molecular weight is 343 g/mol. The zero-order valence-electron chi connectivity index (χ0n) is 13.2. The second-order valence-corrected chi connectivity index (χ2v) is 6.37. The minimum atomic E-state index is -0.134. The molecule has 124 valence electrons. The average Bonchev–Trinajstić information content (AvgIpc) is 2.62. The minimum absolute atomic E-state index is 0.0149. The molecule has 0 spiro atoms. The maximum absolute atomic E-state index is 12.5. The molecule has 2 aromatic carbocycles. The van der Waals surface area contributed by atoms with Crippen LogP contribution in [0.5, 0.6) is 0 Å². The van der Waals surface area contributed by atoms with Gasteiger partial charge in [-0.3, -0.25) is 9.59 Å². The number of benzene rings is 2. The van der Waals surface area contributed by atoms with Crippen LogP contribution in [0.15, 0.2) is 54.6 Å². The molecular formula is C19H19ClN2O2. The maximum Gasteiger partial charge on any atom is 0.253 e. The van der Waals surface area contributed by atoms with Crippen LogP contribution in [-0.2, 0) is 0 Å². The van der Waals surface area contributed by atoms with Crippen molar-refractivity contribution in [3.05, 3.63) is 70.7 Å². The molecule has 24 heavy (non-hydrogen) atoms. The third-order valence-corrected chi connectivity index (χ3v) is 4.42. The minimum Gasteiger partial charge on any atom is -0.348 e.